The van der Waals surface area contributed by atoms with E-state index in [4.69, 9.17) is 23.6 Å². The number of aliphatic hydroxyl groups excluding tert-OH is 2. The Morgan fingerprint density at radius 1 is 0.518 bits per heavy atom. The predicted molar refractivity (Wildman–Crippen MR) is 229 cm³/mol. The Morgan fingerprint density at radius 3 is 1.29 bits per heavy atom. The van der Waals surface area contributed by atoms with Crippen LogP contribution in [0.4, 0.5) is 0 Å². The predicted octanol–water partition coefficient (Wildman–Crippen LogP) is 12.4. The summed E-state index contributed by atoms with van der Waals surface area (Å²) in [5, 5.41) is 18.3. The molecule has 332 valence electrons. The van der Waals surface area contributed by atoms with E-state index in [9.17, 15) is 24.2 Å². The van der Waals surface area contributed by atoms with Crippen LogP contribution in [0.1, 0.15) is 226 Å². The van der Waals surface area contributed by atoms with E-state index in [2.05, 4.69) is 26.0 Å². The van der Waals surface area contributed by atoms with Crippen LogP contribution in [0.25, 0.3) is 0 Å². The highest BCUT2D eigenvalue weighted by Crippen LogP contribution is 2.43. The number of phosphoric acid groups is 1. The van der Waals surface area contributed by atoms with Crippen LogP contribution in [0.2, 0.25) is 0 Å². The van der Waals surface area contributed by atoms with Gasteiger partial charge in [-0.05, 0) is 38.5 Å². The van der Waals surface area contributed by atoms with Crippen molar-refractivity contribution >= 4 is 19.8 Å². The Bertz CT molecular complexity index is 946. The van der Waals surface area contributed by atoms with E-state index in [1.54, 1.807) is 0 Å². The van der Waals surface area contributed by atoms with Gasteiger partial charge in [-0.15, -0.1) is 0 Å². The summed E-state index contributed by atoms with van der Waals surface area (Å²) in [5.41, 5.74) is 0. The van der Waals surface area contributed by atoms with Crippen molar-refractivity contribution in [2.24, 2.45) is 0 Å². The summed E-state index contributed by atoms with van der Waals surface area (Å²) in [7, 11) is -4.62. The third kappa shape index (κ3) is 40.9. The van der Waals surface area contributed by atoms with E-state index in [1.807, 2.05) is 0 Å². The molecule has 0 aliphatic rings. The quantitative estimate of drug-likeness (QED) is 0.0235. The van der Waals surface area contributed by atoms with Crippen LogP contribution >= 0.6 is 7.82 Å². The molecule has 0 aromatic heterocycles. The van der Waals surface area contributed by atoms with Gasteiger partial charge in [0.15, 0.2) is 6.10 Å². The molecule has 0 aliphatic carbocycles. The van der Waals surface area contributed by atoms with E-state index in [0.717, 1.165) is 57.8 Å². The Balaban J connectivity index is 4.23. The second-order valence-electron chi connectivity index (χ2n) is 15.8. The lowest BCUT2D eigenvalue weighted by Crippen LogP contribution is -2.29. The molecule has 0 aromatic carbocycles. The second kappa shape index (κ2) is 41.9. The smallest absolute Gasteiger partial charge is 0.462 e. The van der Waals surface area contributed by atoms with Crippen molar-refractivity contribution in [3.05, 3.63) is 12.2 Å². The highest BCUT2D eigenvalue weighted by Gasteiger charge is 2.27. The number of rotatable bonds is 44. The van der Waals surface area contributed by atoms with Crippen molar-refractivity contribution in [2.45, 2.75) is 238 Å². The van der Waals surface area contributed by atoms with Crippen molar-refractivity contribution < 1.29 is 47.8 Å². The maximum absolute atomic E-state index is 12.6. The topological polar surface area (TPSA) is 149 Å². The average Bonchev–Trinajstić information content (AvgIpc) is 3.19. The van der Waals surface area contributed by atoms with Gasteiger partial charge in [-0.2, -0.15) is 0 Å². The van der Waals surface area contributed by atoms with Gasteiger partial charge in [0.2, 0.25) is 0 Å². The Morgan fingerprint density at radius 2 is 0.875 bits per heavy atom. The van der Waals surface area contributed by atoms with Gasteiger partial charge in [0.05, 0.1) is 19.8 Å². The first-order chi connectivity index (χ1) is 27.2. The lowest BCUT2D eigenvalue weighted by Gasteiger charge is -2.20. The molecular formula is C45H87O10P. The molecule has 3 N–H and O–H groups in total. The molecule has 0 spiro atoms. The normalized spacial score (nSPS) is 13.9. The summed E-state index contributed by atoms with van der Waals surface area (Å²) in [6, 6.07) is 0. The van der Waals surface area contributed by atoms with Crippen LogP contribution in [-0.4, -0.2) is 65.7 Å². The summed E-state index contributed by atoms with van der Waals surface area (Å²) in [6.07, 6.45) is 40.3. The molecule has 3 atom stereocenters. The van der Waals surface area contributed by atoms with E-state index in [0.29, 0.717) is 12.8 Å². The van der Waals surface area contributed by atoms with Crippen LogP contribution < -0.4 is 0 Å². The molecule has 0 bridgehead atoms. The standard InChI is InChI=1S/C45H87O10P/c1-3-5-7-9-11-13-15-17-19-21-23-24-26-28-30-32-34-36-44(48)52-40-43(41-54-56(50,51)53-39-42(47)38-46)55-45(49)37-35-33-31-29-27-25-22-20-18-16-14-12-10-8-6-4-2/h20,22,42-43,46-47H,3-19,21,23-41H2,1-2H3,(H,50,51)/b22-20-/t42-,43+/m0/s1. The fourth-order valence-electron chi connectivity index (χ4n) is 6.58. The molecule has 11 heteroatoms. The third-order valence-corrected chi connectivity index (χ3v) is 11.1. The minimum absolute atomic E-state index is 0.179. The molecule has 0 radical (unpaired) electrons. The Labute approximate surface area is 343 Å². The molecule has 56 heavy (non-hydrogen) atoms. The van der Waals surface area contributed by atoms with Gasteiger partial charge in [0, 0.05) is 12.8 Å². The summed E-state index contributed by atoms with van der Waals surface area (Å²) in [4.78, 5) is 35.0. The number of hydrogen-bond acceptors (Lipinski definition) is 9. The number of carbonyl (C=O) groups excluding carboxylic acids is 2. The van der Waals surface area contributed by atoms with Gasteiger partial charge >= 0.3 is 19.8 Å². The number of phosphoric ester groups is 1. The zero-order valence-electron chi connectivity index (χ0n) is 36.1. The summed E-state index contributed by atoms with van der Waals surface area (Å²) in [6.45, 7) is 2.41. The zero-order valence-corrected chi connectivity index (χ0v) is 37.0. The number of esters is 2. The number of carbonyl (C=O) groups is 2. The fourth-order valence-corrected chi connectivity index (χ4v) is 7.37. The van der Waals surface area contributed by atoms with Gasteiger partial charge < -0.3 is 24.6 Å². The molecule has 0 saturated heterocycles. The van der Waals surface area contributed by atoms with Crippen LogP contribution in [0, 0.1) is 0 Å². The van der Waals surface area contributed by atoms with Gasteiger partial charge in [-0.3, -0.25) is 18.6 Å². The van der Waals surface area contributed by atoms with Crippen molar-refractivity contribution in [1.29, 1.82) is 0 Å². The molecule has 0 aromatic rings. The van der Waals surface area contributed by atoms with Gasteiger partial charge in [0.1, 0.15) is 12.7 Å². The van der Waals surface area contributed by atoms with Crippen LogP contribution in [0.5, 0.6) is 0 Å². The largest absolute Gasteiger partial charge is 0.472 e. The zero-order chi connectivity index (χ0) is 41.2. The first kappa shape index (κ1) is 54.7. The first-order valence-electron chi connectivity index (χ1n) is 23.1. The number of aliphatic hydroxyl groups is 2. The number of allylic oxidation sites excluding steroid dienone is 2. The van der Waals surface area contributed by atoms with E-state index < -0.39 is 51.8 Å². The molecule has 0 saturated carbocycles. The molecule has 10 nitrogen and oxygen atoms in total. The van der Waals surface area contributed by atoms with Crippen LogP contribution in [-0.2, 0) is 32.7 Å². The summed E-state index contributed by atoms with van der Waals surface area (Å²) >= 11 is 0. The van der Waals surface area contributed by atoms with Crippen LogP contribution in [0.15, 0.2) is 12.2 Å². The molecule has 0 rings (SSSR count). The lowest BCUT2D eigenvalue weighted by molar-refractivity contribution is -0.161. The molecule has 1 unspecified atom stereocenters. The number of unbranched alkanes of at least 4 members (excludes halogenated alkanes) is 28. The monoisotopic (exact) mass is 819 g/mol. The van der Waals surface area contributed by atoms with Crippen LogP contribution in [0.3, 0.4) is 0 Å². The molecule has 0 aliphatic heterocycles. The van der Waals surface area contributed by atoms with E-state index in [-0.39, 0.29) is 19.4 Å². The third-order valence-electron chi connectivity index (χ3n) is 10.2. The molecule has 0 heterocycles. The Hall–Kier alpha value is -1.29. The van der Waals surface area contributed by atoms with Crippen molar-refractivity contribution in [3.63, 3.8) is 0 Å². The first-order valence-corrected chi connectivity index (χ1v) is 24.6. The van der Waals surface area contributed by atoms with Gasteiger partial charge in [0.25, 0.3) is 0 Å². The van der Waals surface area contributed by atoms with Crippen molar-refractivity contribution in [3.8, 4) is 0 Å². The SMILES string of the molecule is CCCCCCCCC/C=C\CCCCCCCC(=O)O[C@H](COC(=O)CCCCCCCCCCCCCCCCCCC)COP(=O)(O)OC[C@@H](O)CO. The minimum atomic E-state index is -4.62. The molecule has 0 fully saturated rings. The second-order valence-corrected chi connectivity index (χ2v) is 17.2. The summed E-state index contributed by atoms with van der Waals surface area (Å²) in [5.74, 6) is -0.922. The lowest BCUT2D eigenvalue weighted by atomic mass is 10.0. The maximum Gasteiger partial charge on any atom is 0.472 e. The molecular weight excluding hydrogens is 731 g/mol. The average molecular weight is 819 g/mol. The van der Waals surface area contributed by atoms with Gasteiger partial charge in [-0.25, -0.2) is 4.57 Å². The summed E-state index contributed by atoms with van der Waals surface area (Å²) < 4.78 is 32.8. The highest BCUT2D eigenvalue weighted by molar-refractivity contribution is 7.47. The van der Waals surface area contributed by atoms with E-state index in [1.165, 1.54) is 128 Å². The van der Waals surface area contributed by atoms with Crippen molar-refractivity contribution in [2.75, 3.05) is 26.4 Å². The highest BCUT2D eigenvalue weighted by atomic mass is 31.2. The van der Waals surface area contributed by atoms with E-state index >= 15 is 0 Å². The Kier molecular flexibility index (Phi) is 40.9. The maximum atomic E-state index is 12.6. The van der Waals surface area contributed by atoms with Gasteiger partial charge in [-0.1, -0.05) is 187 Å². The minimum Gasteiger partial charge on any atom is -0.462 e. The van der Waals surface area contributed by atoms with Crippen molar-refractivity contribution in [1.82, 2.24) is 0 Å². The molecule has 0 amide bonds. The number of hydrogen-bond donors (Lipinski definition) is 3. The fraction of sp³-hybridized carbons (Fsp3) is 0.911. The number of ether oxygens (including phenoxy) is 2.